The van der Waals surface area contributed by atoms with Gasteiger partial charge in [0.1, 0.15) is 0 Å². The molecule has 0 saturated carbocycles. The first-order valence-electron chi connectivity index (χ1n) is 2.16. The molecule has 0 spiro atoms. The van der Waals surface area contributed by atoms with Gasteiger partial charge in [-0.05, 0) is 0 Å². The summed E-state index contributed by atoms with van der Waals surface area (Å²) in [7, 11) is 1.46. The number of hydrogen-bond acceptors (Lipinski definition) is 2. The molecule has 1 fully saturated rings. The van der Waals surface area contributed by atoms with E-state index in [-0.39, 0.29) is 27.1 Å². The summed E-state index contributed by atoms with van der Waals surface area (Å²) in [4.78, 5) is 10.4. The average molecular weight is 205 g/mol. The fraction of sp³-hybridized carbons (Fsp3) is 0.750. The Morgan fingerprint density at radius 3 is 2.71 bits per heavy atom. The zero-order valence-corrected chi connectivity index (χ0v) is 6.96. The molecule has 0 radical (unpaired) electrons. The van der Waals surface area contributed by atoms with Crippen LogP contribution in [-0.4, -0.2) is 34.2 Å². The van der Waals surface area contributed by atoms with E-state index >= 15 is 0 Å². The number of methoxy groups -OCH3 is 1. The van der Waals surface area contributed by atoms with Crippen LogP contribution in [0, 0.1) is 0 Å². The van der Waals surface area contributed by atoms with Gasteiger partial charge >= 0.3 is 52.1 Å². The number of ether oxygens (including phenoxy) is 1. The van der Waals surface area contributed by atoms with Crippen molar-refractivity contribution in [2.24, 2.45) is 0 Å². The predicted molar refractivity (Wildman–Crippen MR) is 26.3 cm³/mol. The van der Waals surface area contributed by atoms with Crippen LogP contribution >= 0.6 is 0 Å². The van der Waals surface area contributed by atoms with Crippen LogP contribution in [0.1, 0.15) is 0 Å². The molecule has 1 rings (SSSR count). The number of rotatable bonds is 1. The van der Waals surface area contributed by atoms with Crippen molar-refractivity contribution in [1.82, 2.24) is 0 Å². The van der Waals surface area contributed by atoms with E-state index in [2.05, 4.69) is 4.74 Å². The Labute approximate surface area is 52.4 Å². The van der Waals surface area contributed by atoms with Gasteiger partial charge in [-0.2, -0.15) is 0 Å². The standard InChI is InChI=1S/C4H6O2.Sn/c1-3-4(5)6-2;/h3H,1H2,2H3;/q;+2. The summed E-state index contributed by atoms with van der Waals surface area (Å²) in [6.07, 6.45) is 0. The number of carbonyl (C=O) groups is 1. The Balaban J connectivity index is 2.24. The third-order valence-electron chi connectivity index (χ3n) is 0.894. The van der Waals surface area contributed by atoms with E-state index in [4.69, 9.17) is 0 Å². The molecule has 0 N–H and O–H groups in total. The van der Waals surface area contributed by atoms with E-state index in [9.17, 15) is 4.79 Å². The third-order valence-corrected chi connectivity index (χ3v) is 3.90. The van der Waals surface area contributed by atoms with Crippen LogP contribution in [0.2, 0.25) is 8.37 Å². The SMILES string of the molecule is COC(=O)[CH]1[CH2][Sn+2]1. The van der Waals surface area contributed by atoms with Crippen molar-refractivity contribution in [3.05, 3.63) is 0 Å². The van der Waals surface area contributed by atoms with Crippen molar-refractivity contribution in [3.63, 3.8) is 0 Å². The van der Waals surface area contributed by atoms with Gasteiger partial charge in [-0.3, -0.25) is 0 Å². The minimum absolute atomic E-state index is 0.0339. The molecule has 0 aliphatic carbocycles. The zero-order chi connectivity index (χ0) is 5.28. The molecule has 1 heterocycles. The number of esters is 1. The molecule has 0 amide bonds. The third kappa shape index (κ3) is 1.33. The summed E-state index contributed by atoms with van der Waals surface area (Å²) < 4.78 is 6.11. The molecule has 0 bridgehead atoms. The van der Waals surface area contributed by atoms with E-state index in [0.29, 0.717) is 3.93 Å². The van der Waals surface area contributed by atoms with E-state index in [1.807, 2.05) is 0 Å². The van der Waals surface area contributed by atoms with Gasteiger partial charge in [0, 0.05) is 0 Å². The van der Waals surface area contributed by atoms with Crippen molar-refractivity contribution < 1.29 is 9.53 Å². The van der Waals surface area contributed by atoms with Gasteiger partial charge < -0.3 is 0 Å². The quantitative estimate of drug-likeness (QED) is 0.447. The van der Waals surface area contributed by atoms with E-state index < -0.39 is 0 Å². The van der Waals surface area contributed by atoms with Gasteiger partial charge in [0.25, 0.3) is 0 Å². The van der Waals surface area contributed by atoms with Crippen molar-refractivity contribution in [3.8, 4) is 0 Å². The Kier molecular flexibility index (Phi) is 1.56. The summed E-state index contributed by atoms with van der Waals surface area (Å²) in [5.74, 6) is 0.0339. The molecule has 1 aliphatic rings. The van der Waals surface area contributed by atoms with Crippen LogP contribution < -0.4 is 0 Å². The molecule has 0 aromatic carbocycles. The van der Waals surface area contributed by atoms with Crippen LogP contribution in [0.4, 0.5) is 0 Å². The minimum atomic E-state index is -0.173. The molecule has 1 unspecified atom stereocenters. The Bertz CT molecular complexity index is 87.7. The van der Waals surface area contributed by atoms with Crippen LogP contribution in [0.3, 0.4) is 0 Å². The zero-order valence-electron chi connectivity index (χ0n) is 4.10. The topological polar surface area (TPSA) is 26.3 Å². The van der Waals surface area contributed by atoms with Crippen molar-refractivity contribution in [2.45, 2.75) is 8.37 Å². The predicted octanol–water partition coefficient (Wildman–Crippen LogP) is 0.0840. The summed E-state index contributed by atoms with van der Waals surface area (Å²) in [5.41, 5.74) is 0. The van der Waals surface area contributed by atoms with Crippen LogP contribution in [-0.2, 0) is 9.53 Å². The van der Waals surface area contributed by atoms with E-state index in [0.717, 1.165) is 0 Å². The summed E-state index contributed by atoms with van der Waals surface area (Å²) in [6.45, 7) is 0. The van der Waals surface area contributed by atoms with Gasteiger partial charge in [0.15, 0.2) is 0 Å². The van der Waals surface area contributed by atoms with Gasteiger partial charge in [-0.25, -0.2) is 0 Å². The maximum absolute atomic E-state index is 10.4. The Morgan fingerprint density at radius 1 is 2.00 bits per heavy atom. The van der Waals surface area contributed by atoms with Crippen molar-refractivity contribution in [1.29, 1.82) is 0 Å². The van der Waals surface area contributed by atoms with Gasteiger partial charge in [-0.1, -0.05) is 0 Å². The second kappa shape index (κ2) is 2.03. The first-order valence-corrected chi connectivity index (χ1v) is 5.82. The van der Waals surface area contributed by atoms with Crippen LogP contribution in [0.25, 0.3) is 0 Å². The maximum atomic E-state index is 10.4. The normalized spacial score (nSPS) is 24.4. The van der Waals surface area contributed by atoms with Crippen LogP contribution in [0.15, 0.2) is 0 Å². The fourth-order valence-electron chi connectivity index (χ4n) is 0.368. The molecule has 3 heteroatoms. The molecule has 0 aromatic rings. The molecule has 0 aromatic heterocycles. The van der Waals surface area contributed by atoms with Crippen molar-refractivity contribution >= 4 is 27.1 Å². The number of carbonyl (C=O) groups excluding carboxylic acids is 1. The average Bonchev–Trinajstić information content (AvgIpc) is 2.44. The fourth-order valence-corrected chi connectivity index (χ4v) is 1.99. The molecular formula is C4H6O2Sn+2. The van der Waals surface area contributed by atoms with E-state index in [1.54, 1.807) is 0 Å². The van der Waals surface area contributed by atoms with Gasteiger partial charge in [-0.15, -0.1) is 0 Å². The molecule has 1 atom stereocenters. The molecule has 36 valence electrons. The second-order valence-electron chi connectivity index (χ2n) is 1.48. The van der Waals surface area contributed by atoms with Crippen LogP contribution in [0.5, 0.6) is 0 Å². The van der Waals surface area contributed by atoms with Gasteiger partial charge in [0.2, 0.25) is 0 Å². The Hall–Kier alpha value is 0.269. The first-order chi connectivity index (χ1) is 3.34. The molecule has 1 aliphatic heterocycles. The van der Waals surface area contributed by atoms with E-state index in [1.165, 1.54) is 11.5 Å². The monoisotopic (exact) mass is 206 g/mol. The van der Waals surface area contributed by atoms with Crippen molar-refractivity contribution in [2.75, 3.05) is 7.11 Å². The first kappa shape index (κ1) is 5.41. The summed E-state index contributed by atoms with van der Waals surface area (Å²) in [6, 6.07) is 0. The molecule has 7 heavy (non-hydrogen) atoms. The van der Waals surface area contributed by atoms with Gasteiger partial charge in [0.05, 0.1) is 0 Å². The Morgan fingerprint density at radius 2 is 2.57 bits per heavy atom. The second-order valence-corrected chi connectivity index (χ2v) is 5.80. The summed E-state index contributed by atoms with van der Waals surface area (Å²) in [5, 5.41) is 0. The number of hydrogen-bond donors (Lipinski definition) is 0. The molecule has 2 nitrogen and oxygen atoms in total. The summed E-state index contributed by atoms with van der Waals surface area (Å²) >= 11 is -0.173. The molecular weight excluding hydrogens is 199 g/mol. The molecule has 1 saturated heterocycles.